The van der Waals surface area contributed by atoms with E-state index < -0.39 is 24.0 Å². The predicted molar refractivity (Wildman–Crippen MR) is 129 cm³/mol. The van der Waals surface area contributed by atoms with E-state index in [1.54, 1.807) is 12.1 Å². The number of aliphatic hydroxyl groups excluding tert-OH is 1. The molecule has 35 heavy (non-hydrogen) atoms. The number of carbonyl (C=O) groups excluding carboxylic acids is 1. The third kappa shape index (κ3) is 8.60. The number of carboxylic acid groups (broad SMARTS) is 2. The number of benzene rings is 2. The maximum absolute atomic E-state index is 11.3. The number of aromatic nitrogens is 1. The number of esters is 1. The number of nitrogens with one attached hydrogen (secondary N) is 2. The number of H-pyrrole nitrogens is 1. The Morgan fingerprint density at radius 1 is 1.11 bits per heavy atom. The van der Waals surface area contributed by atoms with Gasteiger partial charge in [-0.2, -0.15) is 0 Å². The van der Waals surface area contributed by atoms with E-state index in [9.17, 15) is 9.90 Å². The van der Waals surface area contributed by atoms with Crippen LogP contribution in [0.15, 0.2) is 48.7 Å². The number of para-hydroxylation sites is 1. The summed E-state index contributed by atoms with van der Waals surface area (Å²) >= 11 is 5.99. The third-order valence-corrected chi connectivity index (χ3v) is 5.17. The SMILES string of the molecule is COC(=O)COc1cccc2c(C[C@@H](C)NC[C@H](O)c3cccc(Cl)c3)c[nH]c12.O=C(O)C(=O)O. The summed E-state index contributed by atoms with van der Waals surface area (Å²) in [5, 5.41) is 30.2. The molecule has 0 radical (unpaired) electrons. The summed E-state index contributed by atoms with van der Waals surface area (Å²) in [5.41, 5.74) is 2.76. The molecule has 0 saturated heterocycles. The Morgan fingerprint density at radius 2 is 1.80 bits per heavy atom. The highest BCUT2D eigenvalue weighted by atomic mass is 35.5. The van der Waals surface area contributed by atoms with Gasteiger partial charge in [-0.3, -0.25) is 0 Å². The lowest BCUT2D eigenvalue weighted by Crippen LogP contribution is -2.32. The number of aliphatic hydroxyl groups is 1. The van der Waals surface area contributed by atoms with Gasteiger partial charge >= 0.3 is 17.9 Å². The number of aromatic amines is 1. The smallest absolute Gasteiger partial charge is 0.414 e. The van der Waals surface area contributed by atoms with Gasteiger partial charge in [0.05, 0.1) is 18.7 Å². The maximum atomic E-state index is 11.3. The number of fused-ring (bicyclic) bond motifs is 1. The maximum Gasteiger partial charge on any atom is 0.414 e. The normalized spacial score (nSPS) is 12.2. The molecule has 1 heterocycles. The Hall–Kier alpha value is -3.60. The Kier molecular flexibility index (Phi) is 10.5. The largest absolute Gasteiger partial charge is 0.480 e. The number of halogens is 1. The van der Waals surface area contributed by atoms with Crippen molar-refractivity contribution in [3.8, 4) is 5.75 Å². The fourth-order valence-electron chi connectivity index (χ4n) is 3.22. The van der Waals surface area contributed by atoms with Crippen molar-refractivity contribution in [2.24, 2.45) is 0 Å². The quantitative estimate of drug-likeness (QED) is 0.217. The Labute approximate surface area is 206 Å². The summed E-state index contributed by atoms with van der Waals surface area (Å²) < 4.78 is 10.2. The molecule has 0 bridgehead atoms. The van der Waals surface area contributed by atoms with E-state index in [1.165, 1.54) is 7.11 Å². The van der Waals surface area contributed by atoms with Crippen molar-refractivity contribution < 1.29 is 39.2 Å². The first kappa shape index (κ1) is 27.6. The van der Waals surface area contributed by atoms with E-state index in [-0.39, 0.29) is 12.6 Å². The monoisotopic (exact) mass is 506 g/mol. The topological polar surface area (TPSA) is 158 Å². The lowest BCUT2D eigenvalue weighted by atomic mass is 10.0. The van der Waals surface area contributed by atoms with Crippen LogP contribution in [0.4, 0.5) is 0 Å². The molecule has 3 aromatic rings. The zero-order valence-electron chi connectivity index (χ0n) is 19.2. The van der Waals surface area contributed by atoms with Gasteiger partial charge < -0.3 is 35.1 Å². The molecule has 0 fully saturated rings. The summed E-state index contributed by atoms with van der Waals surface area (Å²) in [5.74, 6) is -3.47. The van der Waals surface area contributed by atoms with Crippen molar-refractivity contribution in [3.05, 3.63) is 64.8 Å². The highest BCUT2D eigenvalue weighted by molar-refractivity contribution is 6.30. The molecule has 3 rings (SSSR count). The van der Waals surface area contributed by atoms with Gasteiger partial charge in [0.2, 0.25) is 0 Å². The molecule has 0 aliphatic rings. The summed E-state index contributed by atoms with van der Waals surface area (Å²) in [6, 6.07) is 13.1. The first-order valence-electron chi connectivity index (χ1n) is 10.5. The molecule has 11 heteroatoms. The Bertz CT molecular complexity index is 1150. The summed E-state index contributed by atoms with van der Waals surface area (Å²) in [7, 11) is 1.33. The summed E-state index contributed by atoms with van der Waals surface area (Å²) in [4.78, 5) is 32.8. The first-order valence-corrected chi connectivity index (χ1v) is 10.9. The minimum Gasteiger partial charge on any atom is -0.480 e. The van der Waals surface area contributed by atoms with Gasteiger partial charge in [-0.15, -0.1) is 0 Å². The fraction of sp³-hybridized carbons (Fsp3) is 0.292. The predicted octanol–water partition coefficient (Wildman–Crippen LogP) is 2.78. The van der Waals surface area contributed by atoms with Crippen LogP contribution in [0.5, 0.6) is 5.75 Å². The van der Waals surface area contributed by atoms with Gasteiger partial charge in [0.15, 0.2) is 6.61 Å². The van der Waals surface area contributed by atoms with E-state index in [4.69, 9.17) is 36.1 Å². The van der Waals surface area contributed by atoms with Gasteiger partial charge in [0.1, 0.15) is 5.75 Å². The second kappa shape index (κ2) is 13.3. The van der Waals surface area contributed by atoms with Crippen LogP contribution in [-0.4, -0.2) is 64.5 Å². The number of carbonyl (C=O) groups is 3. The van der Waals surface area contributed by atoms with Crippen molar-refractivity contribution in [3.63, 3.8) is 0 Å². The summed E-state index contributed by atoms with van der Waals surface area (Å²) in [6.07, 6.45) is 2.08. The molecule has 10 nitrogen and oxygen atoms in total. The van der Waals surface area contributed by atoms with E-state index in [0.717, 1.165) is 28.5 Å². The van der Waals surface area contributed by atoms with E-state index in [0.29, 0.717) is 17.3 Å². The van der Waals surface area contributed by atoms with Crippen molar-refractivity contribution in [1.29, 1.82) is 0 Å². The molecule has 0 unspecified atom stereocenters. The minimum atomic E-state index is -1.82. The zero-order valence-corrected chi connectivity index (χ0v) is 19.9. The average molecular weight is 507 g/mol. The Morgan fingerprint density at radius 3 is 2.43 bits per heavy atom. The van der Waals surface area contributed by atoms with Crippen LogP contribution in [0.1, 0.15) is 24.2 Å². The van der Waals surface area contributed by atoms with Gasteiger partial charge in [0.25, 0.3) is 0 Å². The van der Waals surface area contributed by atoms with Crippen LogP contribution in [0.3, 0.4) is 0 Å². The highest BCUT2D eigenvalue weighted by Crippen LogP contribution is 2.28. The lowest BCUT2D eigenvalue weighted by molar-refractivity contribution is -0.159. The number of rotatable bonds is 9. The van der Waals surface area contributed by atoms with Crippen LogP contribution in [-0.2, 0) is 25.5 Å². The van der Waals surface area contributed by atoms with Crippen molar-refractivity contribution >= 4 is 40.4 Å². The third-order valence-electron chi connectivity index (χ3n) is 4.94. The molecule has 0 saturated carbocycles. The lowest BCUT2D eigenvalue weighted by Gasteiger charge is -2.17. The number of ether oxygens (including phenoxy) is 2. The summed E-state index contributed by atoms with van der Waals surface area (Å²) in [6.45, 7) is 2.36. The van der Waals surface area contributed by atoms with E-state index in [2.05, 4.69) is 22.0 Å². The van der Waals surface area contributed by atoms with E-state index >= 15 is 0 Å². The molecule has 5 N–H and O–H groups in total. The molecule has 0 amide bonds. The van der Waals surface area contributed by atoms with Crippen molar-refractivity contribution in [2.45, 2.75) is 25.5 Å². The van der Waals surface area contributed by atoms with Gasteiger partial charge in [-0.25, -0.2) is 14.4 Å². The van der Waals surface area contributed by atoms with Gasteiger partial charge in [-0.05, 0) is 42.7 Å². The van der Waals surface area contributed by atoms with Gasteiger partial charge in [-0.1, -0.05) is 35.9 Å². The Balaban J connectivity index is 0.000000641. The van der Waals surface area contributed by atoms with Gasteiger partial charge in [0, 0.05) is 29.2 Å². The second-order valence-electron chi connectivity index (χ2n) is 7.55. The highest BCUT2D eigenvalue weighted by Gasteiger charge is 2.14. The van der Waals surface area contributed by atoms with Crippen LogP contribution in [0.25, 0.3) is 10.9 Å². The molecule has 188 valence electrons. The van der Waals surface area contributed by atoms with Crippen molar-refractivity contribution in [2.75, 3.05) is 20.3 Å². The number of methoxy groups -OCH3 is 1. The second-order valence-corrected chi connectivity index (χ2v) is 7.99. The van der Waals surface area contributed by atoms with Crippen molar-refractivity contribution in [1.82, 2.24) is 10.3 Å². The standard InChI is InChI=1S/C22H25ClN2O4.C2H2O4/c1-14(24-12-19(26)15-5-3-6-17(23)10-15)9-16-11-25-22-18(16)7-4-8-20(22)29-13-21(27)28-2;3-1(4)2(5)6/h3-8,10-11,14,19,24-26H,9,12-13H2,1-2H3;(H,3,4)(H,5,6)/t14-,19+;/m1./s1. The number of hydrogen-bond donors (Lipinski definition) is 5. The molecular weight excluding hydrogens is 480 g/mol. The first-order chi connectivity index (χ1) is 16.6. The molecule has 0 spiro atoms. The molecule has 0 aliphatic heterocycles. The molecular formula is C24H27ClN2O8. The van der Waals surface area contributed by atoms with E-state index in [1.807, 2.05) is 36.5 Å². The van der Waals surface area contributed by atoms with Crippen LogP contribution in [0.2, 0.25) is 5.02 Å². The molecule has 2 atom stereocenters. The van der Waals surface area contributed by atoms with Crippen LogP contribution in [0, 0.1) is 0 Å². The zero-order chi connectivity index (χ0) is 26.0. The molecule has 1 aromatic heterocycles. The minimum absolute atomic E-state index is 0.136. The number of carboxylic acids is 2. The molecule has 0 aliphatic carbocycles. The fourth-order valence-corrected chi connectivity index (χ4v) is 3.41. The van der Waals surface area contributed by atoms with Crippen LogP contribution >= 0.6 is 11.6 Å². The average Bonchev–Trinajstić information content (AvgIpc) is 3.24. The number of hydrogen-bond acceptors (Lipinski definition) is 7. The molecule has 2 aromatic carbocycles. The number of aliphatic carboxylic acids is 2. The van der Waals surface area contributed by atoms with Crippen LogP contribution < -0.4 is 10.1 Å².